The highest BCUT2D eigenvalue weighted by molar-refractivity contribution is 5.66. The number of nitro groups is 1. The Hall–Kier alpha value is -1.82. The first-order chi connectivity index (χ1) is 7.04. The average molecular weight is 210 g/mol. The first-order valence-electron chi connectivity index (χ1n) is 4.55. The van der Waals surface area contributed by atoms with Gasteiger partial charge in [-0.15, -0.1) is 0 Å². The van der Waals surface area contributed by atoms with Crippen LogP contribution < -0.4 is 16.8 Å². The van der Waals surface area contributed by atoms with E-state index in [1.807, 2.05) is 6.92 Å². The van der Waals surface area contributed by atoms with Gasteiger partial charge in [0.05, 0.1) is 4.92 Å². The molecule has 15 heavy (non-hydrogen) atoms. The molecule has 0 aromatic heterocycles. The first kappa shape index (κ1) is 11.3. The van der Waals surface area contributed by atoms with Crippen molar-refractivity contribution in [1.82, 2.24) is 0 Å². The van der Waals surface area contributed by atoms with Crippen LogP contribution in [0.1, 0.15) is 6.92 Å². The summed E-state index contributed by atoms with van der Waals surface area (Å²) < 4.78 is 0. The van der Waals surface area contributed by atoms with Gasteiger partial charge in [-0.2, -0.15) is 0 Å². The van der Waals surface area contributed by atoms with E-state index in [9.17, 15) is 10.1 Å². The quantitative estimate of drug-likeness (QED) is 0.389. The van der Waals surface area contributed by atoms with E-state index in [1.165, 1.54) is 12.1 Å². The van der Waals surface area contributed by atoms with Gasteiger partial charge in [0.25, 0.3) is 5.69 Å². The molecule has 0 saturated heterocycles. The smallest absolute Gasteiger partial charge is 0.292 e. The Morgan fingerprint density at radius 1 is 1.60 bits per heavy atom. The second-order valence-electron chi connectivity index (χ2n) is 3.31. The molecule has 0 amide bonds. The highest BCUT2D eigenvalue weighted by Gasteiger charge is 2.11. The number of nitrogen functional groups attached to an aromatic ring is 1. The van der Waals surface area contributed by atoms with Crippen molar-refractivity contribution >= 4 is 17.1 Å². The molecule has 6 heteroatoms. The number of hydrogen-bond donors (Lipinski definition) is 3. The van der Waals surface area contributed by atoms with Gasteiger partial charge in [0.2, 0.25) is 0 Å². The maximum absolute atomic E-state index is 10.5. The maximum atomic E-state index is 10.5. The van der Waals surface area contributed by atoms with E-state index >= 15 is 0 Å². The number of benzene rings is 1. The number of nitrogens with one attached hydrogen (secondary N) is 1. The van der Waals surface area contributed by atoms with E-state index in [0.717, 1.165) is 5.69 Å². The van der Waals surface area contributed by atoms with Gasteiger partial charge in [-0.1, -0.05) is 0 Å². The number of anilines is 2. The standard InChI is InChI=1S/C9H14N4O2/c1-6(5-10)12-7-2-3-9(13(14)15)8(11)4-7/h2-4,6,12H,5,10-11H2,1H3. The van der Waals surface area contributed by atoms with Gasteiger partial charge in [0.15, 0.2) is 0 Å². The Kier molecular flexibility index (Phi) is 3.46. The van der Waals surface area contributed by atoms with Crippen molar-refractivity contribution in [3.8, 4) is 0 Å². The molecule has 0 saturated carbocycles. The highest BCUT2D eigenvalue weighted by Crippen LogP contribution is 2.24. The molecule has 1 aromatic carbocycles. The fraction of sp³-hybridized carbons (Fsp3) is 0.333. The lowest BCUT2D eigenvalue weighted by atomic mass is 10.2. The second-order valence-corrected chi connectivity index (χ2v) is 3.31. The Bertz CT molecular complexity index is 367. The summed E-state index contributed by atoms with van der Waals surface area (Å²) in [5.41, 5.74) is 11.8. The SMILES string of the molecule is CC(CN)Nc1ccc([N+](=O)[O-])c(N)c1. The Morgan fingerprint density at radius 2 is 2.27 bits per heavy atom. The molecule has 0 bridgehead atoms. The third kappa shape index (κ3) is 2.81. The molecule has 1 unspecified atom stereocenters. The topological polar surface area (TPSA) is 107 Å². The molecule has 1 aromatic rings. The van der Waals surface area contributed by atoms with Gasteiger partial charge in [-0.05, 0) is 19.1 Å². The third-order valence-corrected chi connectivity index (χ3v) is 1.99. The summed E-state index contributed by atoms with van der Waals surface area (Å²) in [5.74, 6) is 0. The largest absolute Gasteiger partial charge is 0.393 e. The highest BCUT2D eigenvalue weighted by atomic mass is 16.6. The summed E-state index contributed by atoms with van der Waals surface area (Å²) in [5, 5.41) is 13.6. The van der Waals surface area contributed by atoms with Crippen LogP contribution in [0.3, 0.4) is 0 Å². The van der Waals surface area contributed by atoms with Crippen molar-refractivity contribution in [1.29, 1.82) is 0 Å². The minimum Gasteiger partial charge on any atom is -0.393 e. The summed E-state index contributed by atoms with van der Waals surface area (Å²) >= 11 is 0. The number of rotatable bonds is 4. The normalized spacial score (nSPS) is 12.1. The predicted octanol–water partition coefficient (Wildman–Crippen LogP) is 0.936. The van der Waals surface area contributed by atoms with Crippen LogP contribution in [0.15, 0.2) is 18.2 Å². The van der Waals surface area contributed by atoms with Gasteiger partial charge in [0, 0.05) is 24.3 Å². The van der Waals surface area contributed by atoms with Crippen molar-refractivity contribution in [2.75, 3.05) is 17.6 Å². The third-order valence-electron chi connectivity index (χ3n) is 1.99. The van der Waals surface area contributed by atoms with Crippen LogP contribution in [0.5, 0.6) is 0 Å². The molecule has 6 nitrogen and oxygen atoms in total. The fourth-order valence-corrected chi connectivity index (χ4v) is 1.15. The van der Waals surface area contributed by atoms with E-state index in [4.69, 9.17) is 11.5 Å². The van der Waals surface area contributed by atoms with Gasteiger partial charge < -0.3 is 16.8 Å². The molecule has 1 atom stereocenters. The number of hydrogen-bond acceptors (Lipinski definition) is 5. The van der Waals surface area contributed by atoms with Crippen LogP contribution in [0, 0.1) is 10.1 Å². The molecule has 82 valence electrons. The minimum absolute atomic E-state index is 0.0825. The summed E-state index contributed by atoms with van der Waals surface area (Å²) in [7, 11) is 0. The molecule has 0 heterocycles. The van der Waals surface area contributed by atoms with Crippen molar-refractivity contribution in [2.24, 2.45) is 5.73 Å². The van der Waals surface area contributed by atoms with Crippen molar-refractivity contribution in [3.05, 3.63) is 28.3 Å². The average Bonchev–Trinajstić information content (AvgIpc) is 2.17. The molecule has 0 aliphatic heterocycles. The fourth-order valence-electron chi connectivity index (χ4n) is 1.15. The molecule has 0 radical (unpaired) electrons. The monoisotopic (exact) mass is 210 g/mol. The second kappa shape index (κ2) is 4.61. The van der Waals surface area contributed by atoms with Crippen LogP contribution in [0.2, 0.25) is 0 Å². The van der Waals surface area contributed by atoms with Crippen molar-refractivity contribution in [3.63, 3.8) is 0 Å². The van der Waals surface area contributed by atoms with Crippen LogP contribution in [-0.4, -0.2) is 17.5 Å². The molecular formula is C9H14N4O2. The molecule has 0 aliphatic rings. The number of nitro benzene ring substituents is 1. The Balaban J connectivity index is 2.87. The molecule has 1 rings (SSSR count). The van der Waals surface area contributed by atoms with E-state index in [2.05, 4.69) is 5.32 Å². The van der Waals surface area contributed by atoms with Crippen LogP contribution in [-0.2, 0) is 0 Å². The van der Waals surface area contributed by atoms with Gasteiger partial charge in [0.1, 0.15) is 5.69 Å². The van der Waals surface area contributed by atoms with E-state index in [1.54, 1.807) is 6.07 Å². The predicted molar refractivity (Wildman–Crippen MR) is 59.6 cm³/mol. The van der Waals surface area contributed by atoms with E-state index < -0.39 is 4.92 Å². The molecule has 0 aliphatic carbocycles. The zero-order chi connectivity index (χ0) is 11.4. The zero-order valence-electron chi connectivity index (χ0n) is 8.43. The summed E-state index contributed by atoms with van der Waals surface area (Å²) in [6.45, 7) is 2.40. The molecule has 5 N–H and O–H groups in total. The van der Waals surface area contributed by atoms with Gasteiger partial charge in [-0.3, -0.25) is 10.1 Å². The summed E-state index contributed by atoms with van der Waals surface area (Å²) in [6.07, 6.45) is 0. The maximum Gasteiger partial charge on any atom is 0.292 e. The van der Waals surface area contributed by atoms with Crippen molar-refractivity contribution in [2.45, 2.75) is 13.0 Å². The van der Waals surface area contributed by atoms with Crippen LogP contribution >= 0.6 is 0 Å². The Morgan fingerprint density at radius 3 is 2.73 bits per heavy atom. The summed E-state index contributed by atoms with van der Waals surface area (Å²) in [6, 6.07) is 4.62. The molecular weight excluding hydrogens is 196 g/mol. The lowest BCUT2D eigenvalue weighted by Crippen LogP contribution is -2.25. The Labute approximate surface area is 87.4 Å². The van der Waals surface area contributed by atoms with E-state index in [0.29, 0.717) is 6.54 Å². The van der Waals surface area contributed by atoms with Crippen LogP contribution in [0.4, 0.5) is 17.1 Å². The number of nitrogens with two attached hydrogens (primary N) is 2. The number of nitrogens with zero attached hydrogens (tertiary/aromatic N) is 1. The lowest BCUT2D eigenvalue weighted by Gasteiger charge is -2.12. The molecule has 0 spiro atoms. The molecule has 0 fully saturated rings. The first-order valence-corrected chi connectivity index (χ1v) is 4.55. The minimum atomic E-state index is -0.508. The van der Waals surface area contributed by atoms with E-state index in [-0.39, 0.29) is 17.4 Å². The summed E-state index contributed by atoms with van der Waals surface area (Å²) in [4.78, 5) is 9.99. The van der Waals surface area contributed by atoms with Crippen LogP contribution in [0.25, 0.3) is 0 Å². The van der Waals surface area contributed by atoms with Crippen molar-refractivity contribution < 1.29 is 4.92 Å². The zero-order valence-corrected chi connectivity index (χ0v) is 8.43. The van der Waals surface area contributed by atoms with Gasteiger partial charge >= 0.3 is 0 Å². The lowest BCUT2D eigenvalue weighted by molar-refractivity contribution is -0.383. The van der Waals surface area contributed by atoms with Gasteiger partial charge in [-0.25, -0.2) is 0 Å².